The van der Waals surface area contributed by atoms with E-state index in [1.807, 2.05) is 36.4 Å². The molecule has 0 amide bonds. The van der Waals surface area contributed by atoms with Crippen LogP contribution in [0.1, 0.15) is 62.2 Å². The van der Waals surface area contributed by atoms with Crippen LogP contribution in [0.2, 0.25) is 0 Å². The maximum atomic E-state index is 15.6. The van der Waals surface area contributed by atoms with Gasteiger partial charge >= 0.3 is 5.97 Å². The molecule has 0 aliphatic carbocycles. The van der Waals surface area contributed by atoms with Gasteiger partial charge in [-0.15, -0.1) is 0 Å². The average molecular weight is 537 g/mol. The van der Waals surface area contributed by atoms with Crippen LogP contribution in [0.4, 0.5) is 4.39 Å². The number of carboxylic acid groups (broad SMARTS) is 1. The molecule has 1 aliphatic heterocycles. The number of rotatable bonds is 14. The molecule has 0 radical (unpaired) electrons. The summed E-state index contributed by atoms with van der Waals surface area (Å²) in [6, 6.07) is 15.5. The molecule has 39 heavy (non-hydrogen) atoms. The fraction of sp³-hybridized carbons (Fsp3) is 0.500. The summed E-state index contributed by atoms with van der Waals surface area (Å²) in [6.07, 6.45) is 6.67. The molecule has 210 valence electrons. The van der Waals surface area contributed by atoms with Crippen LogP contribution in [0.5, 0.6) is 11.5 Å². The first-order chi connectivity index (χ1) is 19.0. The van der Waals surface area contributed by atoms with Crippen LogP contribution in [0.25, 0.3) is 10.9 Å². The summed E-state index contributed by atoms with van der Waals surface area (Å²) in [6.45, 7) is 2.87. The van der Waals surface area contributed by atoms with Gasteiger partial charge in [-0.2, -0.15) is 0 Å². The first-order valence-electron chi connectivity index (χ1n) is 14.1. The lowest BCUT2D eigenvalue weighted by Gasteiger charge is -2.39. The second-order valence-corrected chi connectivity index (χ2v) is 10.6. The van der Waals surface area contributed by atoms with E-state index in [4.69, 9.17) is 9.47 Å². The summed E-state index contributed by atoms with van der Waals surface area (Å²) in [5.74, 6) is 1.47. The van der Waals surface area contributed by atoms with Gasteiger partial charge in [-0.3, -0.25) is 9.78 Å². The third-order valence-electron chi connectivity index (χ3n) is 8.18. The topological polar surface area (TPSA) is 71.9 Å². The summed E-state index contributed by atoms with van der Waals surface area (Å²) in [7, 11) is 3.32. The molecular weight excluding hydrogens is 495 g/mol. The van der Waals surface area contributed by atoms with E-state index in [-0.39, 0.29) is 12.3 Å². The van der Waals surface area contributed by atoms with Crippen molar-refractivity contribution >= 4 is 16.9 Å². The van der Waals surface area contributed by atoms with E-state index in [0.717, 1.165) is 68.4 Å². The minimum Gasteiger partial charge on any atom is -0.497 e. The number of carboxylic acids is 1. The number of fused-ring (bicyclic) bond motifs is 1. The molecule has 1 saturated heterocycles. The minimum atomic E-state index is -1.10. The van der Waals surface area contributed by atoms with Gasteiger partial charge in [0.25, 0.3) is 0 Å². The molecule has 1 N–H and O–H groups in total. The summed E-state index contributed by atoms with van der Waals surface area (Å²) in [5.41, 5.74) is 2.64. The predicted molar refractivity (Wildman–Crippen MR) is 152 cm³/mol. The molecular formula is C32H41FN2O4. The highest BCUT2D eigenvalue weighted by Crippen LogP contribution is 2.36. The number of likely N-dealkylation sites (tertiary alicyclic amines) is 1. The zero-order valence-corrected chi connectivity index (χ0v) is 23.2. The van der Waals surface area contributed by atoms with Gasteiger partial charge in [0, 0.05) is 24.5 Å². The lowest BCUT2D eigenvalue weighted by atomic mass is 9.79. The number of aromatic nitrogens is 1. The normalized spacial score (nSPS) is 18.6. The molecule has 2 aromatic carbocycles. The Balaban J connectivity index is 1.32. The first kappa shape index (κ1) is 28.8. The van der Waals surface area contributed by atoms with Crippen LogP contribution < -0.4 is 9.47 Å². The molecule has 1 aliphatic rings. The average Bonchev–Trinajstić information content (AvgIpc) is 2.97. The Morgan fingerprint density at radius 1 is 1.10 bits per heavy atom. The molecule has 7 heteroatoms. The monoisotopic (exact) mass is 536 g/mol. The highest BCUT2D eigenvalue weighted by Gasteiger charge is 2.30. The van der Waals surface area contributed by atoms with Crippen molar-refractivity contribution in [2.45, 2.75) is 57.5 Å². The van der Waals surface area contributed by atoms with Crippen molar-refractivity contribution in [2.24, 2.45) is 11.8 Å². The van der Waals surface area contributed by atoms with E-state index in [9.17, 15) is 9.90 Å². The Morgan fingerprint density at radius 2 is 1.95 bits per heavy atom. The van der Waals surface area contributed by atoms with Crippen LogP contribution >= 0.6 is 0 Å². The Morgan fingerprint density at radius 3 is 2.74 bits per heavy atom. The Hall–Kier alpha value is -3.19. The number of ether oxygens (including phenoxy) is 2. The Labute approximate surface area is 231 Å². The third-order valence-corrected chi connectivity index (χ3v) is 8.18. The van der Waals surface area contributed by atoms with Gasteiger partial charge in [0.15, 0.2) is 0 Å². The van der Waals surface area contributed by atoms with Crippen LogP contribution in [0.3, 0.4) is 0 Å². The van der Waals surface area contributed by atoms with E-state index in [1.54, 1.807) is 26.5 Å². The molecule has 2 heterocycles. The highest BCUT2D eigenvalue weighted by molar-refractivity contribution is 5.83. The van der Waals surface area contributed by atoms with E-state index in [2.05, 4.69) is 16.0 Å². The molecule has 0 saturated carbocycles. The molecule has 0 bridgehead atoms. The number of aliphatic carboxylic acids is 1. The summed E-state index contributed by atoms with van der Waals surface area (Å²) < 4.78 is 26.4. The van der Waals surface area contributed by atoms with Crippen LogP contribution in [-0.2, 0) is 11.2 Å². The second-order valence-electron chi connectivity index (χ2n) is 10.6. The Bertz CT molecular complexity index is 1220. The first-order valence-corrected chi connectivity index (χ1v) is 14.1. The van der Waals surface area contributed by atoms with Gasteiger partial charge in [0.2, 0.25) is 0 Å². The quantitative estimate of drug-likeness (QED) is 0.227. The zero-order valence-electron chi connectivity index (χ0n) is 23.2. The van der Waals surface area contributed by atoms with Crippen LogP contribution in [0, 0.1) is 11.8 Å². The third kappa shape index (κ3) is 7.91. The van der Waals surface area contributed by atoms with Crippen molar-refractivity contribution in [2.75, 3.05) is 33.9 Å². The standard InChI is InChI=1S/C32H41FN2O4/c1-38-26-12-14-30-28(21-26)27(16-18-34-30)29(33)13-10-23-17-20-35(22-25(23)11-15-32(36)37)19-6-5-8-24-7-3-4-9-31(24)39-2/h3-4,7,9,12,14,16,18,21,23,25,29H,5-6,8,10-11,13,15,17,19-20,22H2,1-2H3,(H,36,37)/t23-,25+,29?/m1/s1. The van der Waals surface area contributed by atoms with Crippen molar-refractivity contribution in [3.63, 3.8) is 0 Å². The smallest absolute Gasteiger partial charge is 0.303 e. The SMILES string of the molecule is COc1ccc2nccc(C(F)CC[C@@H]3CCN(CCCCc4ccccc4OC)C[C@@H]3CCC(=O)O)c2c1. The number of carbonyl (C=O) groups is 1. The fourth-order valence-electron chi connectivity index (χ4n) is 6.00. The molecule has 1 unspecified atom stereocenters. The molecule has 6 nitrogen and oxygen atoms in total. The lowest BCUT2D eigenvalue weighted by Crippen LogP contribution is -2.41. The van der Waals surface area contributed by atoms with Crippen molar-refractivity contribution in [3.8, 4) is 11.5 Å². The van der Waals surface area contributed by atoms with E-state index in [0.29, 0.717) is 30.1 Å². The number of halogens is 1. The van der Waals surface area contributed by atoms with E-state index >= 15 is 4.39 Å². The predicted octanol–water partition coefficient (Wildman–Crippen LogP) is 6.87. The van der Waals surface area contributed by atoms with Gasteiger partial charge in [-0.1, -0.05) is 18.2 Å². The zero-order chi connectivity index (χ0) is 27.6. The van der Waals surface area contributed by atoms with Gasteiger partial charge in [-0.25, -0.2) is 4.39 Å². The maximum absolute atomic E-state index is 15.6. The number of methoxy groups -OCH3 is 2. The number of piperidine rings is 1. The lowest BCUT2D eigenvalue weighted by molar-refractivity contribution is -0.137. The Kier molecular flexibility index (Phi) is 10.5. The number of pyridine rings is 1. The molecule has 0 spiro atoms. The van der Waals surface area contributed by atoms with Crippen LogP contribution in [0.15, 0.2) is 54.7 Å². The molecule has 1 fully saturated rings. The molecule has 1 aromatic heterocycles. The van der Waals surface area contributed by atoms with Crippen molar-refractivity contribution in [1.82, 2.24) is 9.88 Å². The molecule has 4 rings (SSSR count). The van der Waals surface area contributed by atoms with Gasteiger partial charge in [0.05, 0.1) is 19.7 Å². The maximum Gasteiger partial charge on any atom is 0.303 e. The number of aryl methyl sites for hydroxylation is 1. The number of para-hydroxylation sites is 1. The van der Waals surface area contributed by atoms with E-state index < -0.39 is 12.1 Å². The van der Waals surface area contributed by atoms with Gasteiger partial charge in [-0.05, 0) is 111 Å². The van der Waals surface area contributed by atoms with Gasteiger partial charge < -0.3 is 19.5 Å². The number of benzene rings is 2. The number of unbranched alkanes of at least 4 members (excludes halogenated alkanes) is 1. The number of hydrogen-bond donors (Lipinski definition) is 1. The minimum absolute atomic E-state index is 0.163. The van der Waals surface area contributed by atoms with Crippen LogP contribution in [-0.4, -0.2) is 54.8 Å². The van der Waals surface area contributed by atoms with Gasteiger partial charge in [0.1, 0.15) is 17.7 Å². The second kappa shape index (κ2) is 14.3. The highest BCUT2D eigenvalue weighted by atomic mass is 19.1. The van der Waals surface area contributed by atoms with Crippen molar-refractivity contribution < 1.29 is 23.8 Å². The number of nitrogens with zero attached hydrogens (tertiary/aromatic N) is 2. The summed E-state index contributed by atoms with van der Waals surface area (Å²) in [4.78, 5) is 18.2. The summed E-state index contributed by atoms with van der Waals surface area (Å²) >= 11 is 0. The van der Waals surface area contributed by atoms with Crippen molar-refractivity contribution in [3.05, 3.63) is 65.9 Å². The van der Waals surface area contributed by atoms with Crippen molar-refractivity contribution in [1.29, 1.82) is 0 Å². The fourth-order valence-corrected chi connectivity index (χ4v) is 6.00. The molecule has 3 aromatic rings. The molecule has 3 atom stereocenters. The van der Waals surface area contributed by atoms with E-state index in [1.165, 1.54) is 5.56 Å². The number of hydrogen-bond acceptors (Lipinski definition) is 5. The number of alkyl halides is 1. The summed E-state index contributed by atoms with van der Waals surface area (Å²) in [5, 5.41) is 10.1. The largest absolute Gasteiger partial charge is 0.497 e.